The number of rotatable bonds is 6. The summed E-state index contributed by atoms with van der Waals surface area (Å²) in [7, 11) is 0. The first-order valence-corrected chi connectivity index (χ1v) is 11.0. The molecule has 1 unspecified atom stereocenters. The van der Waals surface area contributed by atoms with Crippen LogP contribution < -0.4 is 20.1 Å². The van der Waals surface area contributed by atoms with Crippen LogP contribution in [-0.4, -0.2) is 36.1 Å². The lowest BCUT2D eigenvalue weighted by Gasteiger charge is -2.21. The van der Waals surface area contributed by atoms with E-state index in [-0.39, 0.29) is 17.4 Å². The Balaban J connectivity index is 1.44. The highest BCUT2D eigenvalue weighted by Crippen LogP contribution is 2.35. The Labute approximate surface area is 188 Å². The highest BCUT2D eigenvalue weighted by molar-refractivity contribution is 7.14. The van der Waals surface area contributed by atoms with E-state index in [1.54, 1.807) is 0 Å². The topological polar surface area (TPSA) is 89.6 Å². The molecule has 4 rings (SSSR count). The standard InChI is InChI=1S/C23H22FN3O4S/c1-13(2)20(26-21(28)14-3-6-16(24)7-4-14)22(29)27-23-25-17(12-32-23)15-5-8-18-19(11-15)31-10-9-30-18/h3-8,11-13,20H,9-10H2,1-2H3,(H,26,28)(H,25,27,29). The van der Waals surface area contributed by atoms with Gasteiger partial charge < -0.3 is 20.1 Å². The molecule has 0 spiro atoms. The van der Waals surface area contributed by atoms with Crippen LogP contribution in [0.5, 0.6) is 11.5 Å². The van der Waals surface area contributed by atoms with E-state index in [0.717, 1.165) is 5.56 Å². The number of carbonyl (C=O) groups is 2. The summed E-state index contributed by atoms with van der Waals surface area (Å²) in [6, 6.07) is 9.95. The highest BCUT2D eigenvalue weighted by atomic mass is 32.1. The molecule has 2 N–H and O–H groups in total. The summed E-state index contributed by atoms with van der Waals surface area (Å²) in [4.78, 5) is 29.8. The van der Waals surface area contributed by atoms with Crippen LogP contribution in [0.1, 0.15) is 24.2 Å². The minimum absolute atomic E-state index is 0.170. The number of ether oxygens (including phenoxy) is 2. The number of hydrogen-bond acceptors (Lipinski definition) is 6. The summed E-state index contributed by atoms with van der Waals surface area (Å²) < 4.78 is 24.3. The van der Waals surface area contributed by atoms with Crippen molar-refractivity contribution in [3.63, 3.8) is 0 Å². The molecule has 32 heavy (non-hydrogen) atoms. The van der Waals surface area contributed by atoms with E-state index in [9.17, 15) is 14.0 Å². The maximum atomic E-state index is 13.1. The van der Waals surface area contributed by atoms with E-state index in [0.29, 0.717) is 35.5 Å². The van der Waals surface area contributed by atoms with Gasteiger partial charge in [-0.25, -0.2) is 9.37 Å². The summed E-state index contributed by atoms with van der Waals surface area (Å²) in [6.45, 7) is 4.68. The second-order valence-electron chi connectivity index (χ2n) is 7.59. The number of aromatic nitrogens is 1. The van der Waals surface area contributed by atoms with Crippen LogP contribution in [0.4, 0.5) is 9.52 Å². The fourth-order valence-electron chi connectivity index (χ4n) is 3.21. The maximum absolute atomic E-state index is 13.1. The van der Waals surface area contributed by atoms with Crippen LogP contribution >= 0.6 is 11.3 Å². The lowest BCUT2D eigenvalue weighted by atomic mass is 10.0. The average molecular weight is 456 g/mol. The average Bonchev–Trinajstić information content (AvgIpc) is 3.25. The molecule has 3 aromatic rings. The molecule has 0 radical (unpaired) electrons. The summed E-state index contributed by atoms with van der Waals surface area (Å²) in [6.07, 6.45) is 0. The third-order valence-electron chi connectivity index (χ3n) is 4.91. The number of nitrogens with zero attached hydrogens (tertiary/aromatic N) is 1. The van der Waals surface area contributed by atoms with Gasteiger partial charge in [0, 0.05) is 16.5 Å². The molecule has 1 aliphatic rings. The van der Waals surface area contributed by atoms with Gasteiger partial charge in [0.05, 0.1) is 5.69 Å². The molecule has 2 heterocycles. The van der Waals surface area contributed by atoms with Gasteiger partial charge in [0.15, 0.2) is 16.6 Å². The van der Waals surface area contributed by atoms with Crippen LogP contribution in [0, 0.1) is 11.7 Å². The maximum Gasteiger partial charge on any atom is 0.251 e. The molecule has 0 aliphatic carbocycles. The smallest absolute Gasteiger partial charge is 0.251 e. The summed E-state index contributed by atoms with van der Waals surface area (Å²) in [5.41, 5.74) is 1.81. The number of halogens is 1. The molecule has 2 amide bonds. The molecule has 1 atom stereocenters. The van der Waals surface area contributed by atoms with Gasteiger partial charge in [-0.05, 0) is 48.4 Å². The molecule has 0 fully saturated rings. The predicted molar refractivity (Wildman–Crippen MR) is 120 cm³/mol. The zero-order valence-electron chi connectivity index (χ0n) is 17.6. The van der Waals surface area contributed by atoms with Crippen LogP contribution in [0.3, 0.4) is 0 Å². The van der Waals surface area contributed by atoms with Crippen molar-refractivity contribution < 1.29 is 23.5 Å². The van der Waals surface area contributed by atoms with E-state index in [1.807, 2.05) is 37.4 Å². The van der Waals surface area contributed by atoms with Crippen LogP contribution in [-0.2, 0) is 4.79 Å². The van der Waals surface area contributed by atoms with Crippen molar-refractivity contribution in [2.75, 3.05) is 18.5 Å². The number of thiazole rings is 1. The molecule has 1 aromatic heterocycles. The number of carbonyl (C=O) groups excluding carboxylic acids is 2. The molecule has 0 saturated carbocycles. The first-order valence-electron chi connectivity index (χ1n) is 10.1. The van der Waals surface area contributed by atoms with Crippen molar-refractivity contribution in [2.24, 2.45) is 5.92 Å². The summed E-state index contributed by atoms with van der Waals surface area (Å²) >= 11 is 1.29. The van der Waals surface area contributed by atoms with Crippen molar-refractivity contribution >= 4 is 28.3 Å². The zero-order chi connectivity index (χ0) is 22.7. The van der Waals surface area contributed by atoms with Crippen molar-refractivity contribution in [1.29, 1.82) is 0 Å². The fraction of sp³-hybridized carbons (Fsp3) is 0.261. The normalized spacial score (nSPS) is 13.5. The second kappa shape index (κ2) is 9.35. The number of fused-ring (bicyclic) bond motifs is 1. The third kappa shape index (κ3) is 4.88. The van der Waals surface area contributed by atoms with Crippen molar-refractivity contribution in [3.05, 3.63) is 59.2 Å². The molecule has 2 aromatic carbocycles. The molecule has 9 heteroatoms. The van der Waals surface area contributed by atoms with Gasteiger partial charge in [-0.3, -0.25) is 9.59 Å². The van der Waals surface area contributed by atoms with Gasteiger partial charge in [-0.1, -0.05) is 13.8 Å². The number of benzene rings is 2. The first kappa shape index (κ1) is 21.8. The first-order chi connectivity index (χ1) is 15.4. The largest absolute Gasteiger partial charge is 0.486 e. The molecule has 1 aliphatic heterocycles. The number of nitrogens with one attached hydrogen (secondary N) is 2. The number of hydrogen-bond donors (Lipinski definition) is 2. The van der Waals surface area contributed by atoms with E-state index in [1.165, 1.54) is 35.6 Å². The molecule has 0 bridgehead atoms. The van der Waals surface area contributed by atoms with Crippen molar-refractivity contribution in [3.8, 4) is 22.8 Å². The van der Waals surface area contributed by atoms with E-state index in [2.05, 4.69) is 15.6 Å². The van der Waals surface area contributed by atoms with Crippen molar-refractivity contribution in [2.45, 2.75) is 19.9 Å². The van der Waals surface area contributed by atoms with Crippen LogP contribution in [0.15, 0.2) is 47.8 Å². The highest BCUT2D eigenvalue weighted by Gasteiger charge is 2.25. The van der Waals surface area contributed by atoms with Gasteiger partial charge in [0.25, 0.3) is 5.91 Å². The quantitative estimate of drug-likeness (QED) is 0.584. The zero-order valence-corrected chi connectivity index (χ0v) is 18.4. The molecule has 166 valence electrons. The second-order valence-corrected chi connectivity index (χ2v) is 8.45. The predicted octanol–water partition coefficient (Wildman–Crippen LogP) is 4.11. The van der Waals surface area contributed by atoms with Crippen molar-refractivity contribution in [1.82, 2.24) is 10.3 Å². The molecular formula is C23H22FN3O4S. The van der Waals surface area contributed by atoms with Gasteiger partial charge in [0.1, 0.15) is 25.1 Å². The summed E-state index contributed by atoms with van der Waals surface area (Å²) in [5.74, 6) is -0.0708. The molecule has 0 saturated heterocycles. The van der Waals surface area contributed by atoms with Gasteiger partial charge in [-0.15, -0.1) is 11.3 Å². The third-order valence-corrected chi connectivity index (χ3v) is 5.67. The lowest BCUT2D eigenvalue weighted by molar-refractivity contribution is -0.118. The number of amides is 2. The Morgan fingerprint density at radius 3 is 2.50 bits per heavy atom. The summed E-state index contributed by atoms with van der Waals surface area (Å²) in [5, 5.41) is 7.75. The van der Waals surface area contributed by atoms with Gasteiger partial charge in [0.2, 0.25) is 5.91 Å². The minimum Gasteiger partial charge on any atom is -0.486 e. The molecular weight excluding hydrogens is 433 g/mol. The van der Waals surface area contributed by atoms with Gasteiger partial charge >= 0.3 is 0 Å². The van der Waals surface area contributed by atoms with E-state index < -0.39 is 17.8 Å². The van der Waals surface area contributed by atoms with Crippen LogP contribution in [0.2, 0.25) is 0 Å². The Hall–Kier alpha value is -3.46. The Morgan fingerprint density at radius 2 is 1.78 bits per heavy atom. The Kier molecular flexibility index (Phi) is 6.36. The Bertz CT molecular complexity index is 1130. The fourth-order valence-corrected chi connectivity index (χ4v) is 3.93. The monoisotopic (exact) mass is 455 g/mol. The number of anilines is 1. The SMILES string of the molecule is CC(C)C(NC(=O)c1ccc(F)cc1)C(=O)Nc1nc(-c2ccc3c(c2)OCCO3)cs1. The van der Waals surface area contributed by atoms with Gasteiger partial charge in [-0.2, -0.15) is 0 Å². The minimum atomic E-state index is -0.783. The molecule has 7 nitrogen and oxygen atoms in total. The lowest BCUT2D eigenvalue weighted by Crippen LogP contribution is -2.47. The van der Waals surface area contributed by atoms with Crippen LogP contribution in [0.25, 0.3) is 11.3 Å². The Morgan fingerprint density at radius 1 is 1.06 bits per heavy atom. The van der Waals surface area contributed by atoms with E-state index >= 15 is 0 Å². The van der Waals surface area contributed by atoms with E-state index in [4.69, 9.17) is 9.47 Å².